The molecule has 4 nitrogen and oxygen atoms in total. The van der Waals surface area contributed by atoms with Gasteiger partial charge in [0.1, 0.15) is 6.10 Å². The smallest absolute Gasteiger partial charge is 0.314 e. The molecule has 2 rings (SSSR count). The van der Waals surface area contributed by atoms with E-state index in [1.54, 1.807) is 0 Å². The Morgan fingerprint density at radius 3 is 2.75 bits per heavy atom. The van der Waals surface area contributed by atoms with Crippen LogP contribution in [0.25, 0.3) is 0 Å². The van der Waals surface area contributed by atoms with Crippen molar-refractivity contribution in [3.8, 4) is 5.75 Å². The van der Waals surface area contributed by atoms with E-state index in [1.165, 1.54) is 12.1 Å². The number of hydrogen-bond acceptors (Lipinski definition) is 3. The molecule has 0 heterocycles. The van der Waals surface area contributed by atoms with Crippen LogP contribution in [0.2, 0.25) is 0 Å². The molecule has 1 aromatic rings. The molecule has 1 aliphatic rings. The average molecular weight is 290 g/mol. The number of nitro benzene ring substituents is 1. The quantitative estimate of drug-likeness (QED) is 0.488. The normalized spacial score (nSPS) is 23.6. The summed E-state index contributed by atoms with van der Waals surface area (Å²) in [7, 11) is 0. The van der Waals surface area contributed by atoms with Gasteiger partial charge < -0.3 is 4.74 Å². The van der Waals surface area contributed by atoms with Gasteiger partial charge in [-0.1, -0.05) is 22.0 Å². The van der Waals surface area contributed by atoms with Crippen molar-refractivity contribution in [2.75, 3.05) is 0 Å². The van der Waals surface area contributed by atoms with E-state index < -0.39 is 10.7 Å². The van der Waals surface area contributed by atoms with Crippen LogP contribution in [0.4, 0.5) is 10.1 Å². The summed E-state index contributed by atoms with van der Waals surface area (Å²) < 4.78 is 18.7. The van der Waals surface area contributed by atoms with Crippen LogP contribution in [0.15, 0.2) is 18.2 Å². The minimum Gasteiger partial charge on any atom is -0.481 e. The number of nitrogens with zero attached hydrogens (tertiary/aromatic N) is 1. The zero-order valence-electron chi connectivity index (χ0n) is 8.23. The van der Waals surface area contributed by atoms with Gasteiger partial charge in [-0.2, -0.15) is 0 Å². The van der Waals surface area contributed by atoms with Crippen molar-refractivity contribution in [2.24, 2.45) is 0 Å². The van der Waals surface area contributed by atoms with Gasteiger partial charge in [-0.25, -0.2) is 4.39 Å². The number of alkyl halides is 1. The Morgan fingerprint density at radius 1 is 1.50 bits per heavy atom. The fraction of sp³-hybridized carbons (Fsp3) is 0.400. The summed E-state index contributed by atoms with van der Waals surface area (Å²) in [6, 6.07) is 3.70. The lowest BCUT2D eigenvalue weighted by Gasteiger charge is -2.31. The Hall–Kier alpha value is -1.17. The highest BCUT2D eigenvalue weighted by molar-refractivity contribution is 9.09. The third kappa shape index (κ3) is 2.16. The second-order valence-corrected chi connectivity index (χ2v) is 4.95. The van der Waals surface area contributed by atoms with E-state index in [0.717, 1.165) is 18.9 Å². The van der Waals surface area contributed by atoms with Crippen molar-refractivity contribution in [3.05, 3.63) is 34.1 Å². The number of benzene rings is 1. The maximum absolute atomic E-state index is 13.4. The molecule has 86 valence electrons. The molecule has 0 N–H and O–H groups in total. The Labute approximate surface area is 99.7 Å². The lowest BCUT2D eigenvalue weighted by Crippen LogP contribution is -2.34. The average Bonchev–Trinajstić information content (AvgIpc) is 2.18. The molecule has 16 heavy (non-hydrogen) atoms. The largest absolute Gasteiger partial charge is 0.481 e. The van der Waals surface area contributed by atoms with Gasteiger partial charge in [0.05, 0.1) is 4.92 Å². The maximum atomic E-state index is 13.4. The first-order chi connectivity index (χ1) is 7.58. The molecule has 0 saturated heterocycles. The number of ether oxygens (including phenoxy) is 1. The lowest BCUT2D eigenvalue weighted by molar-refractivity contribution is -0.386. The number of halogens is 2. The first-order valence-electron chi connectivity index (χ1n) is 4.81. The van der Waals surface area contributed by atoms with Crippen LogP contribution in [0.1, 0.15) is 12.8 Å². The Bertz CT molecular complexity index is 421. The van der Waals surface area contributed by atoms with E-state index in [2.05, 4.69) is 15.9 Å². The highest BCUT2D eigenvalue weighted by Gasteiger charge is 2.31. The number of rotatable bonds is 3. The Balaban J connectivity index is 2.21. The van der Waals surface area contributed by atoms with Gasteiger partial charge in [-0.15, -0.1) is 0 Å². The molecule has 0 atom stereocenters. The highest BCUT2D eigenvalue weighted by Crippen LogP contribution is 2.36. The Morgan fingerprint density at radius 2 is 2.19 bits per heavy atom. The summed E-state index contributed by atoms with van der Waals surface area (Å²) in [5, 5.41) is 10.7. The second-order valence-electron chi connectivity index (χ2n) is 3.65. The topological polar surface area (TPSA) is 52.4 Å². The van der Waals surface area contributed by atoms with E-state index in [9.17, 15) is 14.5 Å². The first kappa shape index (κ1) is 11.3. The molecule has 6 heteroatoms. The van der Waals surface area contributed by atoms with Gasteiger partial charge in [0.25, 0.3) is 0 Å². The third-order valence-electron chi connectivity index (χ3n) is 2.46. The zero-order chi connectivity index (χ0) is 11.7. The first-order valence-corrected chi connectivity index (χ1v) is 5.73. The van der Waals surface area contributed by atoms with Crippen LogP contribution in [0.3, 0.4) is 0 Å². The molecule has 1 fully saturated rings. The Kier molecular flexibility index (Phi) is 3.09. The van der Waals surface area contributed by atoms with Crippen molar-refractivity contribution >= 4 is 21.6 Å². The molecule has 0 aliphatic heterocycles. The van der Waals surface area contributed by atoms with E-state index in [4.69, 9.17) is 4.74 Å². The van der Waals surface area contributed by atoms with Crippen LogP contribution in [-0.4, -0.2) is 15.9 Å². The summed E-state index contributed by atoms with van der Waals surface area (Å²) in [6.07, 6.45) is 1.34. The summed E-state index contributed by atoms with van der Waals surface area (Å²) in [4.78, 5) is 10.4. The van der Waals surface area contributed by atoms with Crippen LogP contribution in [-0.2, 0) is 0 Å². The summed E-state index contributed by atoms with van der Waals surface area (Å²) in [6.45, 7) is 0. The molecule has 0 aromatic heterocycles. The van der Waals surface area contributed by atoms with Crippen molar-refractivity contribution in [1.82, 2.24) is 0 Å². The molecular formula is C10H9BrFNO3. The van der Waals surface area contributed by atoms with E-state index in [0.29, 0.717) is 4.83 Å². The fourth-order valence-electron chi connectivity index (χ4n) is 1.52. The van der Waals surface area contributed by atoms with Gasteiger partial charge in [-0.3, -0.25) is 10.1 Å². The predicted molar refractivity (Wildman–Crippen MR) is 59.4 cm³/mol. The van der Waals surface area contributed by atoms with Crippen LogP contribution in [0, 0.1) is 15.9 Å². The van der Waals surface area contributed by atoms with Crippen molar-refractivity contribution in [3.63, 3.8) is 0 Å². The van der Waals surface area contributed by atoms with Gasteiger partial charge in [0, 0.05) is 10.9 Å². The zero-order valence-corrected chi connectivity index (χ0v) is 9.81. The molecular weight excluding hydrogens is 281 g/mol. The minimum atomic E-state index is -0.688. The molecule has 0 unspecified atom stereocenters. The van der Waals surface area contributed by atoms with Crippen LogP contribution < -0.4 is 4.74 Å². The third-order valence-corrected chi connectivity index (χ3v) is 3.21. The summed E-state index contributed by atoms with van der Waals surface area (Å²) in [5.74, 6) is -0.941. The second kappa shape index (κ2) is 4.37. The van der Waals surface area contributed by atoms with Crippen LogP contribution >= 0.6 is 15.9 Å². The summed E-state index contributed by atoms with van der Waals surface area (Å²) >= 11 is 3.37. The van der Waals surface area contributed by atoms with Crippen molar-refractivity contribution in [2.45, 2.75) is 23.8 Å². The molecule has 0 bridgehead atoms. The molecule has 0 amide bonds. The highest BCUT2D eigenvalue weighted by atomic mass is 79.9. The molecule has 1 aliphatic carbocycles. The fourth-order valence-corrected chi connectivity index (χ4v) is 2.36. The molecule has 0 radical (unpaired) electrons. The number of hydrogen-bond donors (Lipinski definition) is 0. The SMILES string of the molecule is O=[N+]([O-])c1cccc(F)c1OC1CC(Br)C1. The predicted octanol–water partition coefficient (Wildman–Crippen LogP) is 3.04. The van der Waals surface area contributed by atoms with E-state index in [-0.39, 0.29) is 17.5 Å². The minimum absolute atomic E-state index is 0.139. The van der Waals surface area contributed by atoms with E-state index in [1.807, 2.05) is 0 Å². The number of nitro groups is 1. The number of para-hydroxylation sites is 1. The monoisotopic (exact) mass is 289 g/mol. The summed E-state index contributed by atoms with van der Waals surface area (Å²) in [5.41, 5.74) is -0.321. The van der Waals surface area contributed by atoms with Gasteiger partial charge in [0.2, 0.25) is 5.75 Å². The molecule has 1 aromatic carbocycles. The maximum Gasteiger partial charge on any atom is 0.314 e. The van der Waals surface area contributed by atoms with Crippen molar-refractivity contribution < 1.29 is 14.1 Å². The molecule has 0 spiro atoms. The van der Waals surface area contributed by atoms with Gasteiger partial charge >= 0.3 is 5.69 Å². The standard InChI is InChI=1S/C10H9BrFNO3/c11-6-4-7(5-6)16-10-8(12)2-1-3-9(10)13(14)15/h1-3,6-7H,4-5H2. The van der Waals surface area contributed by atoms with E-state index >= 15 is 0 Å². The van der Waals surface area contributed by atoms with Gasteiger partial charge in [-0.05, 0) is 18.9 Å². The van der Waals surface area contributed by atoms with Crippen molar-refractivity contribution in [1.29, 1.82) is 0 Å². The van der Waals surface area contributed by atoms with Crippen LogP contribution in [0.5, 0.6) is 5.75 Å². The lowest BCUT2D eigenvalue weighted by atomic mass is 9.96. The molecule has 1 saturated carbocycles. The van der Waals surface area contributed by atoms with Gasteiger partial charge in [0.15, 0.2) is 5.82 Å².